The van der Waals surface area contributed by atoms with Crippen molar-refractivity contribution in [1.82, 2.24) is 0 Å². The van der Waals surface area contributed by atoms with Crippen molar-refractivity contribution in [1.29, 1.82) is 0 Å². The molecule has 0 saturated heterocycles. The maximum absolute atomic E-state index is 10.7. The van der Waals surface area contributed by atoms with Crippen LogP contribution in [0.5, 0.6) is 0 Å². The monoisotopic (exact) mass is 364 g/mol. The summed E-state index contributed by atoms with van der Waals surface area (Å²) >= 11 is 0. The maximum atomic E-state index is 10.7. The van der Waals surface area contributed by atoms with Gasteiger partial charge >= 0.3 is 23.0 Å². The smallest absolute Gasteiger partial charge is 0.423 e. The number of hydrogen-bond acceptors (Lipinski definition) is 7. The fraction of sp³-hybridized carbons (Fsp3) is 0. The molecule has 0 aliphatic rings. The first-order valence-electron chi connectivity index (χ1n) is 4.10. The SMILES string of the molecule is O=C(O)c1ccc([N+](=O)[O-])c([N+](=O)[O-])c1[N+](=O)[O-].[Ag]. The van der Waals surface area contributed by atoms with Gasteiger partial charge in [-0.1, -0.05) is 0 Å². The van der Waals surface area contributed by atoms with Crippen LogP contribution in [0.25, 0.3) is 0 Å². The van der Waals surface area contributed by atoms with Crippen LogP contribution >= 0.6 is 0 Å². The first kappa shape index (κ1) is 16.6. The quantitative estimate of drug-likeness (QED) is 0.470. The van der Waals surface area contributed by atoms with Gasteiger partial charge in [0.05, 0.1) is 14.8 Å². The normalized spacial score (nSPS) is 9.26. The average molecular weight is 365 g/mol. The van der Waals surface area contributed by atoms with E-state index in [0.29, 0.717) is 12.1 Å². The van der Waals surface area contributed by atoms with Crippen LogP contribution in [0.4, 0.5) is 17.1 Å². The van der Waals surface area contributed by atoms with Gasteiger partial charge in [-0.2, -0.15) is 0 Å². The largest absolute Gasteiger partial charge is 0.477 e. The van der Waals surface area contributed by atoms with Gasteiger partial charge in [0.15, 0.2) is 0 Å². The van der Waals surface area contributed by atoms with Gasteiger partial charge in [-0.25, -0.2) is 4.79 Å². The number of hydrogen-bond donors (Lipinski definition) is 1. The third-order valence-electron chi connectivity index (χ3n) is 1.92. The van der Waals surface area contributed by atoms with Crippen molar-refractivity contribution in [2.24, 2.45) is 0 Å². The first-order chi connectivity index (χ1) is 8.27. The summed E-state index contributed by atoms with van der Waals surface area (Å²) in [6.07, 6.45) is 0. The molecule has 105 valence electrons. The Labute approximate surface area is 118 Å². The van der Waals surface area contributed by atoms with Gasteiger partial charge in [-0.05, 0) is 6.07 Å². The van der Waals surface area contributed by atoms with E-state index in [1.807, 2.05) is 0 Å². The van der Waals surface area contributed by atoms with Crippen LogP contribution < -0.4 is 0 Å². The maximum Gasteiger partial charge on any atom is 0.423 e. The topological polar surface area (TPSA) is 167 Å². The second-order valence-corrected chi connectivity index (χ2v) is 2.91. The second-order valence-electron chi connectivity index (χ2n) is 2.91. The third-order valence-corrected chi connectivity index (χ3v) is 1.92. The molecule has 0 fully saturated rings. The Hall–Kier alpha value is -2.37. The minimum absolute atomic E-state index is 0. The molecule has 0 atom stereocenters. The van der Waals surface area contributed by atoms with E-state index in [9.17, 15) is 35.1 Å². The van der Waals surface area contributed by atoms with E-state index in [0.717, 1.165) is 0 Å². The molecule has 0 saturated carbocycles. The molecule has 1 rings (SSSR count). The Morgan fingerprint density at radius 1 is 0.947 bits per heavy atom. The molecule has 0 heterocycles. The predicted molar refractivity (Wildman–Crippen MR) is 53.4 cm³/mol. The van der Waals surface area contributed by atoms with Gasteiger partial charge < -0.3 is 5.11 Å². The molecule has 0 unspecified atom stereocenters. The molecule has 1 aromatic rings. The zero-order valence-corrected chi connectivity index (χ0v) is 10.1. The van der Waals surface area contributed by atoms with E-state index in [2.05, 4.69) is 0 Å². The Morgan fingerprint density at radius 3 is 1.74 bits per heavy atom. The van der Waals surface area contributed by atoms with E-state index in [1.54, 1.807) is 0 Å². The van der Waals surface area contributed by atoms with Gasteiger partial charge in [0.1, 0.15) is 5.56 Å². The Bertz CT molecular complexity index is 535. The van der Waals surface area contributed by atoms with Crippen molar-refractivity contribution < 1.29 is 47.1 Å². The van der Waals surface area contributed by atoms with Crippen LogP contribution in [0, 0.1) is 30.3 Å². The van der Waals surface area contributed by atoms with Crippen molar-refractivity contribution in [2.75, 3.05) is 0 Å². The van der Waals surface area contributed by atoms with E-state index in [4.69, 9.17) is 5.11 Å². The molecule has 12 heteroatoms. The van der Waals surface area contributed by atoms with Crippen molar-refractivity contribution >= 4 is 23.0 Å². The molecule has 0 spiro atoms. The zero-order chi connectivity index (χ0) is 14.0. The number of nitro groups is 3. The summed E-state index contributed by atoms with van der Waals surface area (Å²) in [6.45, 7) is 0. The van der Waals surface area contributed by atoms with Crippen LogP contribution in [0.1, 0.15) is 10.4 Å². The van der Waals surface area contributed by atoms with Gasteiger partial charge in [0.25, 0.3) is 0 Å². The third kappa shape index (κ3) is 3.10. The van der Waals surface area contributed by atoms with Crippen LogP contribution in [0.15, 0.2) is 12.1 Å². The van der Waals surface area contributed by atoms with Crippen molar-refractivity contribution in [3.63, 3.8) is 0 Å². The molecule has 11 nitrogen and oxygen atoms in total. The number of nitrogens with zero attached hydrogens (tertiary/aromatic N) is 3. The first-order valence-corrected chi connectivity index (χ1v) is 4.10. The molecule has 19 heavy (non-hydrogen) atoms. The number of carbonyl (C=O) groups is 1. The summed E-state index contributed by atoms with van der Waals surface area (Å²) in [6, 6.07) is 1.11. The molecular weight excluding hydrogens is 362 g/mol. The number of rotatable bonds is 4. The fourth-order valence-electron chi connectivity index (χ4n) is 1.25. The minimum atomic E-state index is -1.79. The van der Waals surface area contributed by atoms with E-state index in [1.165, 1.54) is 0 Å². The van der Waals surface area contributed by atoms with Gasteiger partial charge in [-0.15, -0.1) is 0 Å². The van der Waals surface area contributed by atoms with Crippen LogP contribution in [0.3, 0.4) is 0 Å². The molecule has 0 aliphatic carbocycles. The number of benzene rings is 1. The molecular formula is C7H3AgN3O8. The van der Waals surface area contributed by atoms with Crippen molar-refractivity contribution in [3.05, 3.63) is 48.0 Å². The second kappa shape index (κ2) is 5.99. The minimum Gasteiger partial charge on any atom is -0.477 e. The summed E-state index contributed by atoms with van der Waals surface area (Å²) in [4.78, 5) is 38.6. The molecule has 0 aliphatic heterocycles. The van der Waals surface area contributed by atoms with Gasteiger partial charge in [0.2, 0.25) is 0 Å². The zero-order valence-electron chi connectivity index (χ0n) is 8.60. The van der Waals surface area contributed by atoms with E-state index < -0.39 is 43.4 Å². The van der Waals surface area contributed by atoms with Crippen LogP contribution in [-0.4, -0.2) is 25.8 Å². The molecule has 1 aromatic carbocycles. The number of carboxylic acid groups (broad SMARTS) is 1. The summed E-state index contributed by atoms with van der Waals surface area (Å²) in [5.41, 5.74) is -5.00. The van der Waals surface area contributed by atoms with Crippen molar-refractivity contribution in [3.8, 4) is 0 Å². The molecule has 0 amide bonds. The van der Waals surface area contributed by atoms with Crippen molar-refractivity contribution in [2.45, 2.75) is 0 Å². The summed E-state index contributed by atoms with van der Waals surface area (Å²) in [5, 5.41) is 40.4. The molecule has 1 radical (unpaired) electrons. The van der Waals surface area contributed by atoms with E-state index >= 15 is 0 Å². The molecule has 0 aromatic heterocycles. The van der Waals surface area contributed by atoms with Crippen LogP contribution in [0.2, 0.25) is 0 Å². The van der Waals surface area contributed by atoms with E-state index in [-0.39, 0.29) is 22.4 Å². The Kier molecular flexibility index (Phi) is 5.24. The predicted octanol–water partition coefficient (Wildman–Crippen LogP) is 1.11. The Morgan fingerprint density at radius 2 is 1.42 bits per heavy atom. The van der Waals surface area contributed by atoms with Gasteiger partial charge in [0, 0.05) is 28.4 Å². The number of nitro benzene ring substituents is 3. The average Bonchev–Trinajstić information content (AvgIpc) is 2.26. The summed E-state index contributed by atoms with van der Waals surface area (Å²) in [5.74, 6) is -1.79. The standard InChI is InChI=1S/C7H3N3O8.Ag/c11-7(12)3-1-2-4(8(13)14)6(10(17)18)5(3)9(15)16;/h1-2H,(H,11,12);. The Balaban J connectivity index is 0.00000324. The summed E-state index contributed by atoms with van der Waals surface area (Å²) < 4.78 is 0. The number of carboxylic acids is 1. The summed E-state index contributed by atoms with van der Waals surface area (Å²) in [7, 11) is 0. The fourth-order valence-corrected chi connectivity index (χ4v) is 1.25. The van der Waals surface area contributed by atoms with Gasteiger partial charge in [-0.3, -0.25) is 30.3 Å². The van der Waals surface area contributed by atoms with Crippen LogP contribution in [-0.2, 0) is 22.4 Å². The molecule has 1 N–H and O–H groups in total. The molecule has 0 bridgehead atoms. The number of aromatic carboxylic acids is 1.